The van der Waals surface area contributed by atoms with Crippen molar-refractivity contribution < 1.29 is 14.3 Å². The van der Waals surface area contributed by atoms with E-state index in [1.807, 2.05) is 22.6 Å². The number of rotatable bonds is 3. The molecule has 0 radical (unpaired) electrons. The van der Waals surface area contributed by atoms with Gasteiger partial charge in [-0.15, -0.1) is 0 Å². The first-order chi connectivity index (χ1) is 8.06. The van der Waals surface area contributed by atoms with Crippen LogP contribution in [0.5, 0.6) is 0 Å². The van der Waals surface area contributed by atoms with Crippen molar-refractivity contribution in [1.29, 1.82) is 0 Å². The highest BCUT2D eigenvalue weighted by Crippen LogP contribution is 2.31. The quantitative estimate of drug-likeness (QED) is 0.821. The van der Waals surface area contributed by atoms with Crippen LogP contribution in [0.4, 0.5) is 4.39 Å². The third-order valence-electron chi connectivity index (χ3n) is 3.17. The van der Waals surface area contributed by atoms with Crippen molar-refractivity contribution in [3.05, 3.63) is 33.1 Å². The fraction of sp³-hybridized carbons (Fsp3) is 0.417. The highest BCUT2D eigenvalue weighted by Gasteiger charge is 2.38. The Morgan fingerprint density at radius 2 is 2.24 bits per heavy atom. The van der Waals surface area contributed by atoms with E-state index < -0.39 is 5.54 Å². The van der Waals surface area contributed by atoms with Crippen molar-refractivity contribution in [2.24, 2.45) is 0 Å². The first-order valence-electron chi connectivity index (χ1n) is 5.45. The molecule has 17 heavy (non-hydrogen) atoms. The predicted octanol–water partition coefficient (Wildman–Crippen LogP) is 2.08. The topological polar surface area (TPSA) is 49.3 Å². The summed E-state index contributed by atoms with van der Waals surface area (Å²) in [5, 5.41) is 12.1. The van der Waals surface area contributed by atoms with Crippen LogP contribution in [0, 0.1) is 9.39 Å². The van der Waals surface area contributed by atoms with Crippen LogP contribution >= 0.6 is 22.6 Å². The molecule has 1 fully saturated rings. The molecular formula is C12H13FINO2. The Hall–Kier alpha value is -0.690. The lowest BCUT2D eigenvalue weighted by Gasteiger charge is -2.41. The lowest BCUT2D eigenvalue weighted by molar-refractivity contribution is 0.0641. The van der Waals surface area contributed by atoms with E-state index in [-0.39, 0.29) is 18.3 Å². The molecule has 1 saturated carbocycles. The summed E-state index contributed by atoms with van der Waals surface area (Å²) in [4.78, 5) is 12.0. The molecule has 1 amide bonds. The zero-order valence-corrected chi connectivity index (χ0v) is 11.3. The molecule has 3 nitrogen and oxygen atoms in total. The summed E-state index contributed by atoms with van der Waals surface area (Å²) >= 11 is 1.93. The third-order valence-corrected chi connectivity index (χ3v) is 4.06. The Bertz CT molecular complexity index is 441. The van der Waals surface area contributed by atoms with Gasteiger partial charge in [0.15, 0.2) is 0 Å². The van der Waals surface area contributed by atoms with Gasteiger partial charge in [-0.3, -0.25) is 4.79 Å². The van der Waals surface area contributed by atoms with Crippen LogP contribution in [-0.2, 0) is 0 Å². The van der Waals surface area contributed by atoms with E-state index in [1.165, 1.54) is 18.2 Å². The fourth-order valence-corrected chi connectivity index (χ4v) is 2.63. The second kappa shape index (κ2) is 4.89. The molecule has 1 aliphatic carbocycles. The molecule has 0 saturated heterocycles. The van der Waals surface area contributed by atoms with Crippen LogP contribution < -0.4 is 5.32 Å². The number of benzene rings is 1. The molecule has 1 aromatic carbocycles. The number of nitrogens with one attached hydrogen (secondary N) is 1. The maximum atomic E-state index is 12.9. The van der Waals surface area contributed by atoms with Crippen molar-refractivity contribution in [3.8, 4) is 0 Å². The maximum absolute atomic E-state index is 12.9. The standard InChI is InChI=1S/C12H13FINO2/c13-8-2-3-9(10(14)6-8)11(17)15-12(7-16)4-1-5-12/h2-3,6,16H,1,4-5,7H2,(H,15,17). The van der Waals surface area contributed by atoms with Gasteiger partial charge in [0.05, 0.1) is 17.7 Å². The molecule has 1 aliphatic rings. The average molecular weight is 349 g/mol. The number of hydrogen-bond acceptors (Lipinski definition) is 2. The normalized spacial score (nSPS) is 17.4. The maximum Gasteiger partial charge on any atom is 0.252 e. The number of carbonyl (C=O) groups is 1. The van der Waals surface area contributed by atoms with Gasteiger partial charge in [-0.1, -0.05) is 0 Å². The van der Waals surface area contributed by atoms with Gasteiger partial charge in [0.25, 0.3) is 5.91 Å². The minimum atomic E-state index is -0.464. The van der Waals surface area contributed by atoms with Crippen LogP contribution in [0.1, 0.15) is 29.6 Å². The van der Waals surface area contributed by atoms with E-state index in [0.717, 1.165) is 19.3 Å². The van der Waals surface area contributed by atoms with E-state index in [9.17, 15) is 14.3 Å². The first-order valence-corrected chi connectivity index (χ1v) is 6.53. The summed E-state index contributed by atoms with van der Waals surface area (Å²) in [5.41, 5.74) is -0.0131. The molecule has 5 heteroatoms. The number of hydrogen-bond donors (Lipinski definition) is 2. The zero-order valence-electron chi connectivity index (χ0n) is 9.17. The SMILES string of the molecule is O=C(NC1(CO)CCC1)c1ccc(F)cc1I. The van der Waals surface area contributed by atoms with Crippen molar-refractivity contribution in [2.45, 2.75) is 24.8 Å². The molecule has 0 aliphatic heterocycles. The fourth-order valence-electron chi connectivity index (χ4n) is 1.91. The highest BCUT2D eigenvalue weighted by atomic mass is 127. The van der Waals surface area contributed by atoms with Crippen molar-refractivity contribution in [3.63, 3.8) is 0 Å². The van der Waals surface area contributed by atoms with Crippen LogP contribution in [0.25, 0.3) is 0 Å². The lowest BCUT2D eigenvalue weighted by atomic mass is 9.77. The molecule has 2 rings (SSSR count). The van der Waals surface area contributed by atoms with Gasteiger partial charge < -0.3 is 10.4 Å². The van der Waals surface area contributed by atoms with Gasteiger partial charge in [0.2, 0.25) is 0 Å². The van der Waals surface area contributed by atoms with E-state index in [0.29, 0.717) is 9.13 Å². The molecule has 0 spiro atoms. The Kier molecular flexibility index (Phi) is 3.67. The van der Waals surface area contributed by atoms with Gasteiger partial charge in [-0.05, 0) is 60.1 Å². The molecule has 92 valence electrons. The Morgan fingerprint density at radius 1 is 1.53 bits per heavy atom. The largest absolute Gasteiger partial charge is 0.394 e. The summed E-state index contributed by atoms with van der Waals surface area (Å²) < 4.78 is 13.5. The van der Waals surface area contributed by atoms with Gasteiger partial charge >= 0.3 is 0 Å². The van der Waals surface area contributed by atoms with Crippen molar-refractivity contribution in [2.75, 3.05) is 6.61 Å². The smallest absolute Gasteiger partial charge is 0.252 e. The number of amides is 1. The number of aliphatic hydroxyl groups excluding tert-OH is 1. The van der Waals surface area contributed by atoms with Crippen LogP contribution in [0.15, 0.2) is 18.2 Å². The molecule has 0 bridgehead atoms. The molecule has 0 aromatic heterocycles. The minimum Gasteiger partial charge on any atom is -0.394 e. The number of halogens is 2. The van der Waals surface area contributed by atoms with Crippen molar-refractivity contribution >= 4 is 28.5 Å². The van der Waals surface area contributed by atoms with Gasteiger partial charge in [-0.25, -0.2) is 4.39 Å². The predicted molar refractivity (Wildman–Crippen MR) is 70.3 cm³/mol. The summed E-state index contributed by atoms with van der Waals surface area (Å²) in [5.74, 6) is -0.602. The van der Waals surface area contributed by atoms with E-state index in [1.54, 1.807) is 0 Å². The van der Waals surface area contributed by atoms with E-state index in [4.69, 9.17) is 0 Å². The molecule has 0 heterocycles. The second-order valence-corrected chi connectivity index (χ2v) is 5.53. The zero-order chi connectivity index (χ0) is 12.5. The van der Waals surface area contributed by atoms with Crippen molar-refractivity contribution in [1.82, 2.24) is 5.32 Å². The Labute approximate surface area is 113 Å². The van der Waals surface area contributed by atoms with Crippen LogP contribution in [0.3, 0.4) is 0 Å². The van der Waals surface area contributed by atoms with Crippen LogP contribution in [0.2, 0.25) is 0 Å². The number of aliphatic hydroxyl groups is 1. The monoisotopic (exact) mass is 349 g/mol. The summed E-state index contributed by atoms with van der Waals surface area (Å²) in [6, 6.07) is 4.06. The van der Waals surface area contributed by atoms with Gasteiger partial charge in [0, 0.05) is 3.57 Å². The minimum absolute atomic E-state index is 0.0451. The molecule has 1 aromatic rings. The highest BCUT2D eigenvalue weighted by molar-refractivity contribution is 14.1. The first kappa shape index (κ1) is 12.8. The second-order valence-electron chi connectivity index (χ2n) is 4.37. The Balaban J connectivity index is 2.14. The van der Waals surface area contributed by atoms with E-state index >= 15 is 0 Å². The van der Waals surface area contributed by atoms with Crippen LogP contribution in [-0.4, -0.2) is 23.2 Å². The van der Waals surface area contributed by atoms with Gasteiger partial charge in [0.1, 0.15) is 5.82 Å². The Morgan fingerprint density at radius 3 is 2.71 bits per heavy atom. The summed E-state index contributed by atoms with van der Waals surface area (Å²) in [6.45, 7) is -0.0451. The van der Waals surface area contributed by atoms with Gasteiger partial charge in [-0.2, -0.15) is 0 Å². The molecule has 2 N–H and O–H groups in total. The molecule has 0 atom stereocenters. The molecular weight excluding hydrogens is 336 g/mol. The molecule has 0 unspecified atom stereocenters. The summed E-state index contributed by atoms with van der Waals surface area (Å²) in [6.07, 6.45) is 2.61. The summed E-state index contributed by atoms with van der Waals surface area (Å²) in [7, 11) is 0. The lowest BCUT2D eigenvalue weighted by Crippen LogP contribution is -2.56. The average Bonchev–Trinajstić information content (AvgIpc) is 2.23. The number of carbonyl (C=O) groups excluding carboxylic acids is 1. The van der Waals surface area contributed by atoms with E-state index in [2.05, 4.69) is 5.32 Å². The third kappa shape index (κ3) is 2.60.